The first kappa shape index (κ1) is 18.2. The van der Waals surface area contributed by atoms with Gasteiger partial charge in [0.15, 0.2) is 0 Å². The van der Waals surface area contributed by atoms with E-state index in [2.05, 4.69) is 17.1 Å². The van der Waals surface area contributed by atoms with Gasteiger partial charge in [0.25, 0.3) is 0 Å². The van der Waals surface area contributed by atoms with E-state index in [1.165, 1.54) is 13.5 Å². The number of hydrogen-bond donors (Lipinski definition) is 1. The van der Waals surface area contributed by atoms with Crippen molar-refractivity contribution in [2.75, 3.05) is 13.7 Å². The van der Waals surface area contributed by atoms with E-state index in [1.807, 2.05) is 6.92 Å². The fraction of sp³-hybridized carbons (Fsp3) is 0.882. The average molecular weight is 326 g/mol. The Bertz CT molecular complexity index is 415. The standard InChI is InChI=1S/C17H30N2O4/c1-4-5-10-18-12(2)16(20)19-14-9-7-6-8-13(14)11-15(19)17(21)23-22-3/h12-15,18H,4-11H2,1-3H3/t12-,13?,14-,15-/m0/s1. The van der Waals surface area contributed by atoms with Crippen molar-refractivity contribution >= 4 is 11.9 Å². The van der Waals surface area contributed by atoms with Gasteiger partial charge in [-0.3, -0.25) is 9.68 Å². The Morgan fingerprint density at radius 2 is 2.04 bits per heavy atom. The Balaban J connectivity index is 2.09. The summed E-state index contributed by atoms with van der Waals surface area (Å²) in [7, 11) is 1.32. The van der Waals surface area contributed by atoms with E-state index in [0.29, 0.717) is 12.3 Å². The van der Waals surface area contributed by atoms with Crippen LogP contribution in [0, 0.1) is 5.92 Å². The second-order valence-corrected chi connectivity index (χ2v) is 6.71. The van der Waals surface area contributed by atoms with E-state index in [-0.39, 0.29) is 18.0 Å². The topological polar surface area (TPSA) is 67.9 Å². The summed E-state index contributed by atoms with van der Waals surface area (Å²) in [5.41, 5.74) is 0. The zero-order valence-electron chi connectivity index (χ0n) is 14.5. The SMILES string of the molecule is CCCCN[C@@H](C)C(=O)N1[C@H](C(=O)OOC)CC2CCCC[C@@H]21. The van der Waals surface area contributed by atoms with Gasteiger partial charge in [-0.25, -0.2) is 4.79 Å². The van der Waals surface area contributed by atoms with Gasteiger partial charge in [0.2, 0.25) is 5.91 Å². The highest BCUT2D eigenvalue weighted by atomic mass is 17.2. The average Bonchev–Trinajstić information content (AvgIpc) is 2.94. The first-order valence-electron chi connectivity index (χ1n) is 8.90. The lowest BCUT2D eigenvalue weighted by Crippen LogP contribution is -2.53. The molecule has 6 heteroatoms. The van der Waals surface area contributed by atoms with E-state index in [4.69, 9.17) is 4.89 Å². The number of carbonyl (C=O) groups excluding carboxylic acids is 2. The molecule has 1 aliphatic carbocycles. The highest BCUT2D eigenvalue weighted by Gasteiger charge is 2.49. The maximum Gasteiger partial charge on any atom is 0.364 e. The maximum atomic E-state index is 12.9. The lowest BCUT2D eigenvalue weighted by molar-refractivity contribution is -0.259. The molecule has 0 aromatic carbocycles. The summed E-state index contributed by atoms with van der Waals surface area (Å²) in [6.45, 7) is 4.82. The number of rotatable bonds is 7. The van der Waals surface area contributed by atoms with Crippen molar-refractivity contribution in [1.29, 1.82) is 0 Å². The van der Waals surface area contributed by atoms with Gasteiger partial charge >= 0.3 is 5.97 Å². The van der Waals surface area contributed by atoms with Gasteiger partial charge in [0, 0.05) is 6.04 Å². The molecule has 0 bridgehead atoms. The Morgan fingerprint density at radius 1 is 1.30 bits per heavy atom. The van der Waals surface area contributed by atoms with Gasteiger partial charge in [-0.15, -0.1) is 0 Å². The summed E-state index contributed by atoms with van der Waals surface area (Å²) in [6, 6.07) is -0.618. The van der Waals surface area contributed by atoms with Crippen LogP contribution in [0.3, 0.4) is 0 Å². The number of nitrogens with zero attached hydrogens (tertiary/aromatic N) is 1. The van der Waals surface area contributed by atoms with Crippen molar-refractivity contribution < 1.29 is 19.4 Å². The minimum Gasteiger partial charge on any atom is -0.324 e. The highest BCUT2D eigenvalue weighted by Crippen LogP contribution is 2.40. The first-order chi connectivity index (χ1) is 11.1. The van der Waals surface area contributed by atoms with Crippen molar-refractivity contribution in [3.05, 3.63) is 0 Å². The molecule has 1 aliphatic heterocycles. The first-order valence-corrected chi connectivity index (χ1v) is 8.90. The molecular formula is C17H30N2O4. The molecule has 1 saturated carbocycles. The number of likely N-dealkylation sites (tertiary alicyclic amines) is 1. The van der Waals surface area contributed by atoms with Gasteiger partial charge in [0.05, 0.1) is 13.2 Å². The van der Waals surface area contributed by atoms with Crippen molar-refractivity contribution in [3.8, 4) is 0 Å². The van der Waals surface area contributed by atoms with Crippen LogP contribution < -0.4 is 5.32 Å². The Kier molecular flexibility index (Phi) is 6.84. The molecule has 0 spiro atoms. The van der Waals surface area contributed by atoms with Gasteiger partial charge in [-0.05, 0) is 45.1 Å². The zero-order chi connectivity index (χ0) is 16.8. The van der Waals surface area contributed by atoms with E-state index in [0.717, 1.165) is 38.6 Å². The van der Waals surface area contributed by atoms with Crippen LogP contribution >= 0.6 is 0 Å². The third-order valence-electron chi connectivity index (χ3n) is 5.13. The summed E-state index contributed by atoms with van der Waals surface area (Å²) in [5, 5.41) is 3.27. The maximum absolute atomic E-state index is 12.9. The van der Waals surface area contributed by atoms with Gasteiger partial charge in [-0.2, -0.15) is 4.89 Å². The molecule has 4 atom stereocenters. The minimum atomic E-state index is -0.508. The number of fused-ring (bicyclic) bond motifs is 1. The monoisotopic (exact) mass is 326 g/mol. The third-order valence-corrected chi connectivity index (χ3v) is 5.13. The van der Waals surface area contributed by atoms with Gasteiger partial charge in [0.1, 0.15) is 6.04 Å². The third kappa shape index (κ3) is 4.23. The van der Waals surface area contributed by atoms with Gasteiger partial charge < -0.3 is 10.2 Å². The molecule has 6 nitrogen and oxygen atoms in total. The molecular weight excluding hydrogens is 296 g/mol. The fourth-order valence-corrected chi connectivity index (χ4v) is 3.93. The highest BCUT2D eigenvalue weighted by molar-refractivity contribution is 5.88. The minimum absolute atomic E-state index is 0.00792. The zero-order valence-corrected chi connectivity index (χ0v) is 14.5. The second kappa shape index (κ2) is 8.64. The van der Waals surface area contributed by atoms with Crippen LogP contribution in [0.15, 0.2) is 0 Å². The molecule has 2 rings (SSSR count). The Hall–Kier alpha value is -1.14. The molecule has 0 radical (unpaired) electrons. The molecule has 2 aliphatic rings. The summed E-state index contributed by atoms with van der Waals surface area (Å²) in [4.78, 5) is 36.2. The van der Waals surface area contributed by atoms with E-state index >= 15 is 0 Å². The molecule has 1 N–H and O–H groups in total. The summed E-state index contributed by atoms with van der Waals surface area (Å²) < 4.78 is 0. The van der Waals surface area contributed by atoms with E-state index in [1.54, 1.807) is 4.90 Å². The predicted octanol–water partition coefficient (Wildman–Crippen LogP) is 2.03. The fourth-order valence-electron chi connectivity index (χ4n) is 3.93. The van der Waals surface area contributed by atoms with Crippen LogP contribution in [-0.2, 0) is 19.4 Å². The number of hydrogen-bond acceptors (Lipinski definition) is 5. The number of amides is 1. The largest absolute Gasteiger partial charge is 0.364 e. The number of unbranched alkanes of at least 4 members (excludes halogenated alkanes) is 1. The quantitative estimate of drug-likeness (QED) is 0.440. The van der Waals surface area contributed by atoms with Crippen molar-refractivity contribution in [2.45, 2.75) is 76.9 Å². The molecule has 1 saturated heterocycles. The predicted molar refractivity (Wildman–Crippen MR) is 86.5 cm³/mol. The summed E-state index contributed by atoms with van der Waals surface area (Å²) in [5.74, 6) is -0.0329. The van der Waals surface area contributed by atoms with Crippen molar-refractivity contribution in [1.82, 2.24) is 10.2 Å². The molecule has 0 aromatic rings. The second-order valence-electron chi connectivity index (χ2n) is 6.71. The molecule has 2 fully saturated rings. The normalized spacial score (nSPS) is 28.3. The lowest BCUT2D eigenvalue weighted by atomic mass is 9.84. The number of carbonyl (C=O) groups is 2. The van der Waals surface area contributed by atoms with Crippen LogP contribution in [0.2, 0.25) is 0 Å². The van der Waals surface area contributed by atoms with Crippen molar-refractivity contribution in [3.63, 3.8) is 0 Å². The number of nitrogens with one attached hydrogen (secondary N) is 1. The summed E-state index contributed by atoms with van der Waals surface area (Å²) >= 11 is 0. The molecule has 132 valence electrons. The van der Waals surface area contributed by atoms with Crippen LogP contribution in [-0.4, -0.2) is 48.6 Å². The Labute approximate surface area is 138 Å². The van der Waals surface area contributed by atoms with Crippen LogP contribution in [0.5, 0.6) is 0 Å². The lowest BCUT2D eigenvalue weighted by Gasteiger charge is -2.35. The van der Waals surface area contributed by atoms with E-state index < -0.39 is 12.0 Å². The van der Waals surface area contributed by atoms with Crippen LogP contribution in [0.25, 0.3) is 0 Å². The van der Waals surface area contributed by atoms with Crippen LogP contribution in [0.4, 0.5) is 0 Å². The molecule has 23 heavy (non-hydrogen) atoms. The molecule has 0 aromatic heterocycles. The summed E-state index contributed by atoms with van der Waals surface area (Å²) in [6.07, 6.45) is 7.19. The van der Waals surface area contributed by atoms with Crippen molar-refractivity contribution in [2.24, 2.45) is 5.92 Å². The smallest absolute Gasteiger partial charge is 0.324 e. The molecule has 1 amide bonds. The Morgan fingerprint density at radius 3 is 2.74 bits per heavy atom. The van der Waals surface area contributed by atoms with Gasteiger partial charge in [-0.1, -0.05) is 26.2 Å². The molecule has 1 heterocycles. The molecule has 1 unspecified atom stereocenters. The van der Waals surface area contributed by atoms with Crippen LogP contribution in [0.1, 0.15) is 58.8 Å². The van der Waals surface area contributed by atoms with E-state index in [9.17, 15) is 9.59 Å².